The van der Waals surface area contributed by atoms with Gasteiger partial charge < -0.3 is 0 Å². The Morgan fingerprint density at radius 2 is 2.00 bits per heavy atom. The van der Waals surface area contributed by atoms with Crippen molar-refractivity contribution in [3.63, 3.8) is 0 Å². The van der Waals surface area contributed by atoms with Crippen LogP contribution in [-0.4, -0.2) is 11.2 Å². The number of ketones is 1. The van der Waals surface area contributed by atoms with E-state index in [1.54, 1.807) is 0 Å². The van der Waals surface area contributed by atoms with Crippen molar-refractivity contribution in [2.24, 2.45) is 0 Å². The molecule has 0 fully saturated rings. The van der Waals surface area contributed by atoms with E-state index in [-0.39, 0.29) is 5.56 Å². The van der Waals surface area contributed by atoms with Crippen LogP contribution in [0.4, 0.5) is 13.2 Å². The normalized spacial score (nSPS) is 12.9. The van der Waals surface area contributed by atoms with Crippen molar-refractivity contribution in [3.8, 4) is 0 Å². The fourth-order valence-electron chi connectivity index (χ4n) is 1.08. The number of carbonyl (C=O) groups excluding carboxylic acids is 1. The van der Waals surface area contributed by atoms with E-state index in [0.29, 0.717) is 6.07 Å². The topological polar surface area (TPSA) is 17.1 Å². The molecule has 0 aliphatic carbocycles. The second-order valence-corrected chi connectivity index (χ2v) is 3.67. The second-order valence-electron chi connectivity index (χ2n) is 3.02. The van der Waals surface area contributed by atoms with Crippen LogP contribution in [0.3, 0.4) is 0 Å². The lowest BCUT2D eigenvalue weighted by molar-refractivity contribution is 0.0987. The summed E-state index contributed by atoms with van der Waals surface area (Å²) in [7, 11) is 0. The highest BCUT2D eigenvalue weighted by atomic mass is 35.5. The minimum absolute atomic E-state index is 0.262. The number of benzene rings is 1. The monoisotopic (exact) mass is 236 g/mol. The molecular weight excluding hydrogens is 229 g/mol. The lowest BCUT2D eigenvalue weighted by Crippen LogP contribution is -2.12. The zero-order valence-corrected chi connectivity index (χ0v) is 8.56. The SMILES string of the molecule is CC(Cl)C(=O)c1ccc(C(F)F)cc1F. The van der Waals surface area contributed by atoms with Crippen molar-refractivity contribution < 1.29 is 18.0 Å². The predicted octanol–water partition coefficient (Wildman–Crippen LogP) is 3.57. The van der Waals surface area contributed by atoms with Crippen molar-refractivity contribution in [3.05, 3.63) is 35.1 Å². The number of alkyl halides is 3. The lowest BCUT2D eigenvalue weighted by Gasteiger charge is -2.06. The fraction of sp³-hybridized carbons (Fsp3) is 0.300. The van der Waals surface area contributed by atoms with E-state index >= 15 is 0 Å². The van der Waals surface area contributed by atoms with Gasteiger partial charge in [-0.25, -0.2) is 13.2 Å². The predicted molar refractivity (Wildman–Crippen MR) is 51.0 cm³/mol. The molecule has 1 unspecified atom stereocenters. The molecule has 0 aliphatic rings. The van der Waals surface area contributed by atoms with Crippen LogP contribution in [0.5, 0.6) is 0 Å². The lowest BCUT2D eigenvalue weighted by atomic mass is 10.1. The molecule has 0 saturated carbocycles. The highest BCUT2D eigenvalue weighted by Gasteiger charge is 2.18. The molecule has 5 heteroatoms. The number of Topliss-reactive ketones (excluding diaryl/α,β-unsaturated/α-hetero) is 1. The van der Waals surface area contributed by atoms with E-state index in [9.17, 15) is 18.0 Å². The number of carbonyl (C=O) groups is 1. The maximum absolute atomic E-state index is 13.2. The van der Waals surface area contributed by atoms with Crippen LogP contribution in [-0.2, 0) is 0 Å². The number of hydrogen-bond acceptors (Lipinski definition) is 1. The van der Waals surface area contributed by atoms with Gasteiger partial charge in [-0.15, -0.1) is 11.6 Å². The third kappa shape index (κ3) is 2.72. The summed E-state index contributed by atoms with van der Waals surface area (Å²) in [6.07, 6.45) is -2.75. The summed E-state index contributed by atoms with van der Waals surface area (Å²) in [5, 5.41) is -0.878. The number of halogens is 4. The van der Waals surface area contributed by atoms with Gasteiger partial charge in [-0.05, 0) is 19.1 Å². The van der Waals surface area contributed by atoms with Crippen LogP contribution in [0.25, 0.3) is 0 Å². The Bertz CT molecular complexity index is 377. The second kappa shape index (κ2) is 4.66. The smallest absolute Gasteiger partial charge is 0.263 e. The molecule has 0 saturated heterocycles. The molecule has 0 heterocycles. The molecule has 0 aromatic heterocycles. The largest absolute Gasteiger partial charge is 0.292 e. The number of rotatable bonds is 3. The van der Waals surface area contributed by atoms with Crippen LogP contribution in [0.2, 0.25) is 0 Å². The first-order valence-corrected chi connectivity index (χ1v) is 4.63. The molecule has 0 N–H and O–H groups in total. The van der Waals surface area contributed by atoms with Crippen molar-refractivity contribution in [1.82, 2.24) is 0 Å². The summed E-state index contributed by atoms with van der Waals surface area (Å²) >= 11 is 5.47. The molecule has 15 heavy (non-hydrogen) atoms. The molecule has 1 aromatic carbocycles. The maximum Gasteiger partial charge on any atom is 0.263 e. The van der Waals surface area contributed by atoms with Gasteiger partial charge in [0.05, 0.1) is 10.9 Å². The Morgan fingerprint density at radius 1 is 1.40 bits per heavy atom. The van der Waals surface area contributed by atoms with E-state index in [1.165, 1.54) is 6.92 Å². The minimum Gasteiger partial charge on any atom is -0.292 e. The van der Waals surface area contributed by atoms with Gasteiger partial charge in [0.2, 0.25) is 0 Å². The van der Waals surface area contributed by atoms with Crippen molar-refractivity contribution in [2.45, 2.75) is 18.7 Å². The molecule has 82 valence electrons. The van der Waals surface area contributed by atoms with Crippen LogP contribution in [0.15, 0.2) is 18.2 Å². The molecule has 1 nitrogen and oxygen atoms in total. The van der Waals surface area contributed by atoms with Crippen LogP contribution in [0, 0.1) is 5.82 Å². The molecule has 0 radical (unpaired) electrons. The molecule has 0 bridgehead atoms. The first-order chi connectivity index (χ1) is 6.93. The minimum atomic E-state index is -2.75. The standard InChI is InChI=1S/C10H8ClF3O/c1-5(11)9(15)7-3-2-6(10(13)14)4-8(7)12/h2-5,10H,1H3. The van der Waals surface area contributed by atoms with Crippen LogP contribution in [0.1, 0.15) is 29.3 Å². The van der Waals surface area contributed by atoms with Crippen LogP contribution < -0.4 is 0 Å². The van der Waals surface area contributed by atoms with Crippen LogP contribution >= 0.6 is 11.6 Å². The van der Waals surface area contributed by atoms with Gasteiger partial charge in [-0.2, -0.15) is 0 Å². The van der Waals surface area contributed by atoms with Gasteiger partial charge >= 0.3 is 0 Å². The van der Waals surface area contributed by atoms with Crippen molar-refractivity contribution in [1.29, 1.82) is 0 Å². The average molecular weight is 237 g/mol. The summed E-state index contributed by atoms with van der Waals surface area (Å²) < 4.78 is 37.5. The van der Waals surface area contributed by atoms with Gasteiger partial charge in [0.25, 0.3) is 6.43 Å². The quantitative estimate of drug-likeness (QED) is 0.579. The molecule has 0 aliphatic heterocycles. The zero-order chi connectivity index (χ0) is 11.6. The van der Waals surface area contributed by atoms with E-state index < -0.39 is 29.0 Å². The Hall–Kier alpha value is -1.03. The first-order valence-electron chi connectivity index (χ1n) is 4.19. The number of hydrogen-bond donors (Lipinski definition) is 0. The Labute approximate surface area is 89.9 Å². The van der Waals surface area contributed by atoms with E-state index in [1.807, 2.05) is 0 Å². The van der Waals surface area contributed by atoms with E-state index in [0.717, 1.165) is 12.1 Å². The Balaban J connectivity index is 3.08. The zero-order valence-electron chi connectivity index (χ0n) is 7.81. The maximum atomic E-state index is 13.2. The highest BCUT2D eigenvalue weighted by Crippen LogP contribution is 2.22. The highest BCUT2D eigenvalue weighted by molar-refractivity contribution is 6.33. The molecular formula is C10H8ClF3O. The van der Waals surface area contributed by atoms with Gasteiger partial charge in [0.1, 0.15) is 5.82 Å². The summed E-state index contributed by atoms with van der Waals surface area (Å²) in [6.45, 7) is 1.39. The summed E-state index contributed by atoms with van der Waals surface area (Å²) in [4.78, 5) is 11.3. The molecule has 1 atom stereocenters. The first kappa shape index (κ1) is 12.0. The van der Waals surface area contributed by atoms with Gasteiger partial charge in [0, 0.05) is 5.56 Å². The molecule has 1 aromatic rings. The summed E-state index contributed by atoms with van der Waals surface area (Å²) in [5.74, 6) is -1.58. The fourth-order valence-corrected chi connectivity index (χ4v) is 1.20. The van der Waals surface area contributed by atoms with E-state index in [4.69, 9.17) is 11.6 Å². The summed E-state index contributed by atoms with van der Waals surface area (Å²) in [6, 6.07) is 2.69. The molecule has 0 amide bonds. The molecule has 0 spiro atoms. The Morgan fingerprint density at radius 3 is 2.40 bits per heavy atom. The van der Waals surface area contributed by atoms with Gasteiger partial charge in [-0.3, -0.25) is 4.79 Å². The van der Waals surface area contributed by atoms with Crippen molar-refractivity contribution >= 4 is 17.4 Å². The van der Waals surface area contributed by atoms with Gasteiger partial charge in [-0.1, -0.05) is 6.07 Å². The van der Waals surface area contributed by atoms with E-state index in [2.05, 4.69) is 0 Å². The van der Waals surface area contributed by atoms with Gasteiger partial charge in [0.15, 0.2) is 5.78 Å². The Kier molecular flexibility index (Phi) is 3.74. The average Bonchev–Trinajstić information content (AvgIpc) is 2.16. The summed E-state index contributed by atoms with van der Waals surface area (Å²) in [5.41, 5.74) is -0.715. The molecule has 1 rings (SSSR count). The third-order valence-electron chi connectivity index (χ3n) is 1.87. The van der Waals surface area contributed by atoms with Crippen molar-refractivity contribution in [2.75, 3.05) is 0 Å². The third-order valence-corrected chi connectivity index (χ3v) is 2.07.